The maximum atomic E-state index is 10.4. The monoisotopic (exact) mass is 270 g/mol. The number of hydrogen-bond acceptors (Lipinski definition) is 2. The van der Waals surface area contributed by atoms with Crippen LogP contribution in [-0.2, 0) is 0 Å². The summed E-state index contributed by atoms with van der Waals surface area (Å²) < 4.78 is 0. The van der Waals surface area contributed by atoms with Gasteiger partial charge in [0.2, 0.25) is 0 Å². The van der Waals surface area contributed by atoms with E-state index in [4.69, 9.17) is 0 Å². The highest BCUT2D eigenvalue weighted by Gasteiger charge is 2.21. The molecule has 0 aliphatic heterocycles. The van der Waals surface area contributed by atoms with Gasteiger partial charge in [-0.25, -0.2) is 0 Å². The summed E-state index contributed by atoms with van der Waals surface area (Å²) in [7, 11) is 0. The molecular weight excluding hydrogens is 248 g/mol. The maximum absolute atomic E-state index is 10.4. The molecule has 0 saturated heterocycles. The van der Waals surface area contributed by atoms with Gasteiger partial charge in [-0.15, -0.1) is 0 Å². The predicted octanol–water partition coefficient (Wildman–Crippen LogP) is 3.69. The summed E-state index contributed by atoms with van der Waals surface area (Å²) in [5, 5.41) is 20.8. The van der Waals surface area contributed by atoms with Crippen molar-refractivity contribution >= 4 is 0 Å². The fraction of sp³-hybridized carbons (Fsp3) is 0.333. The summed E-state index contributed by atoms with van der Waals surface area (Å²) in [6.07, 6.45) is -1.82. The second-order valence-corrected chi connectivity index (χ2v) is 5.73. The van der Waals surface area contributed by atoms with Crippen molar-refractivity contribution in [2.24, 2.45) is 0 Å². The molecule has 0 fully saturated rings. The van der Waals surface area contributed by atoms with Crippen LogP contribution in [0.25, 0.3) is 0 Å². The maximum Gasteiger partial charge on any atom is 0.109 e. The van der Waals surface area contributed by atoms with Crippen LogP contribution in [0.15, 0.2) is 36.4 Å². The Morgan fingerprint density at radius 3 is 1.05 bits per heavy atom. The molecule has 20 heavy (non-hydrogen) atoms. The molecule has 0 saturated carbocycles. The number of aliphatic hydroxyl groups is 2. The third-order valence-corrected chi connectivity index (χ3v) is 3.47. The third-order valence-electron chi connectivity index (χ3n) is 3.47. The van der Waals surface area contributed by atoms with Crippen LogP contribution >= 0.6 is 0 Å². The van der Waals surface area contributed by atoms with E-state index in [1.54, 1.807) is 0 Å². The van der Waals surface area contributed by atoms with Gasteiger partial charge < -0.3 is 10.2 Å². The van der Waals surface area contributed by atoms with E-state index in [1.165, 1.54) is 0 Å². The van der Waals surface area contributed by atoms with E-state index < -0.39 is 12.2 Å². The lowest BCUT2D eigenvalue weighted by Gasteiger charge is -2.20. The fourth-order valence-corrected chi connectivity index (χ4v) is 2.73. The van der Waals surface area contributed by atoms with Gasteiger partial charge in [0.25, 0.3) is 0 Å². The highest BCUT2D eigenvalue weighted by atomic mass is 16.3. The third kappa shape index (κ3) is 3.27. The second kappa shape index (κ2) is 5.78. The van der Waals surface area contributed by atoms with Crippen molar-refractivity contribution in [2.45, 2.75) is 39.9 Å². The molecule has 0 radical (unpaired) electrons. The molecule has 2 N–H and O–H groups in total. The number of aryl methyl sites for hydroxylation is 4. The van der Waals surface area contributed by atoms with Gasteiger partial charge in [-0.3, -0.25) is 0 Å². The molecule has 0 heterocycles. The van der Waals surface area contributed by atoms with E-state index >= 15 is 0 Å². The van der Waals surface area contributed by atoms with Gasteiger partial charge in [-0.05, 0) is 38.8 Å². The molecule has 0 spiro atoms. The Labute approximate surface area is 120 Å². The largest absolute Gasteiger partial charge is 0.385 e. The van der Waals surface area contributed by atoms with Crippen molar-refractivity contribution in [2.75, 3.05) is 0 Å². The summed E-state index contributed by atoms with van der Waals surface area (Å²) in [5.41, 5.74) is 5.88. The van der Waals surface area contributed by atoms with Crippen molar-refractivity contribution < 1.29 is 10.2 Å². The molecule has 2 aromatic rings. The Morgan fingerprint density at radius 1 is 0.550 bits per heavy atom. The number of benzene rings is 2. The first-order chi connectivity index (χ1) is 9.36. The summed E-state index contributed by atoms with van der Waals surface area (Å²) in [5.74, 6) is 0. The van der Waals surface area contributed by atoms with Gasteiger partial charge in [-0.1, -0.05) is 58.7 Å². The molecule has 0 amide bonds. The quantitative estimate of drug-likeness (QED) is 0.893. The minimum absolute atomic E-state index is 0.758. The van der Waals surface area contributed by atoms with E-state index in [9.17, 15) is 10.2 Å². The van der Waals surface area contributed by atoms with Crippen molar-refractivity contribution in [1.29, 1.82) is 0 Å². The SMILES string of the molecule is Cc1cc(C)cc([C@H](O)[C@@H](O)c2cc(C)cc(C)c2)c1. The van der Waals surface area contributed by atoms with E-state index in [0.29, 0.717) is 0 Å². The van der Waals surface area contributed by atoms with Crippen LogP contribution in [-0.4, -0.2) is 10.2 Å². The van der Waals surface area contributed by atoms with E-state index in [0.717, 1.165) is 33.4 Å². The zero-order valence-electron chi connectivity index (χ0n) is 12.5. The standard InChI is InChI=1S/C18H22O2/c1-11-5-12(2)8-15(7-11)17(19)18(20)16-9-13(3)6-14(4)10-16/h5-10,17-20H,1-4H3/t17-,18-/m0/s1. The van der Waals surface area contributed by atoms with Gasteiger partial charge in [0.05, 0.1) is 0 Å². The Morgan fingerprint density at radius 2 is 0.800 bits per heavy atom. The zero-order valence-corrected chi connectivity index (χ0v) is 12.5. The van der Waals surface area contributed by atoms with Crippen molar-refractivity contribution in [1.82, 2.24) is 0 Å². The molecule has 2 nitrogen and oxygen atoms in total. The highest BCUT2D eigenvalue weighted by molar-refractivity contribution is 5.34. The van der Waals surface area contributed by atoms with Crippen molar-refractivity contribution in [3.05, 3.63) is 69.8 Å². The lowest BCUT2D eigenvalue weighted by Crippen LogP contribution is -2.11. The number of aliphatic hydroxyl groups excluding tert-OH is 2. The normalized spacial score (nSPS) is 14.1. The molecule has 0 unspecified atom stereocenters. The minimum atomic E-state index is -0.908. The van der Waals surface area contributed by atoms with Crippen molar-refractivity contribution in [3.63, 3.8) is 0 Å². The molecule has 0 aromatic heterocycles. The van der Waals surface area contributed by atoms with E-state index in [2.05, 4.69) is 12.1 Å². The van der Waals surface area contributed by atoms with Crippen LogP contribution < -0.4 is 0 Å². The predicted molar refractivity (Wildman–Crippen MR) is 81.8 cm³/mol. The summed E-state index contributed by atoms with van der Waals surface area (Å²) in [4.78, 5) is 0. The molecule has 0 aliphatic carbocycles. The first-order valence-corrected chi connectivity index (χ1v) is 6.89. The Hall–Kier alpha value is -1.64. The number of rotatable bonds is 3. The van der Waals surface area contributed by atoms with Gasteiger partial charge in [-0.2, -0.15) is 0 Å². The highest BCUT2D eigenvalue weighted by Crippen LogP contribution is 2.30. The summed E-state index contributed by atoms with van der Waals surface area (Å²) in [6, 6.07) is 11.8. The molecule has 2 heteroatoms. The average Bonchev–Trinajstić information content (AvgIpc) is 2.34. The molecule has 0 bridgehead atoms. The van der Waals surface area contributed by atoms with Gasteiger partial charge in [0.1, 0.15) is 12.2 Å². The zero-order chi connectivity index (χ0) is 14.9. The van der Waals surface area contributed by atoms with Crippen LogP contribution in [0.1, 0.15) is 45.6 Å². The Bertz CT molecular complexity index is 521. The Balaban J connectivity index is 2.34. The molecule has 2 aromatic carbocycles. The number of hydrogen-bond donors (Lipinski definition) is 2. The van der Waals surface area contributed by atoms with E-state index in [-0.39, 0.29) is 0 Å². The van der Waals surface area contributed by atoms with Crippen LogP contribution in [0.3, 0.4) is 0 Å². The molecular formula is C18H22O2. The summed E-state index contributed by atoms with van der Waals surface area (Å²) >= 11 is 0. The van der Waals surface area contributed by atoms with Crippen LogP contribution in [0.5, 0.6) is 0 Å². The van der Waals surface area contributed by atoms with Crippen LogP contribution in [0.4, 0.5) is 0 Å². The van der Waals surface area contributed by atoms with Crippen LogP contribution in [0.2, 0.25) is 0 Å². The first-order valence-electron chi connectivity index (χ1n) is 6.89. The molecule has 0 aliphatic rings. The molecule has 2 rings (SSSR count). The van der Waals surface area contributed by atoms with Gasteiger partial charge in [0, 0.05) is 0 Å². The van der Waals surface area contributed by atoms with Crippen molar-refractivity contribution in [3.8, 4) is 0 Å². The molecule has 106 valence electrons. The van der Waals surface area contributed by atoms with Gasteiger partial charge in [0.15, 0.2) is 0 Å². The first kappa shape index (κ1) is 14.8. The average molecular weight is 270 g/mol. The minimum Gasteiger partial charge on any atom is -0.385 e. The lowest BCUT2D eigenvalue weighted by atomic mass is 9.94. The van der Waals surface area contributed by atoms with E-state index in [1.807, 2.05) is 52.0 Å². The Kier molecular flexibility index (Phi) is 4.26. The lowest BCUT2D eigenvalue weighted by molar-refractivity contribution is 0.0171. The van der Waals surface area contributed by atoms with Crippen LogP contribution in [0, 0.1) is 27.7 Å². The molecule has 2 atom stereocenters. The second-order valence-electron chi connectivity index (χ2n) is 5.73. The summed E-state index contributed by atoms with van der Waals surface area (Å²) in [6.45, 7) is 7.97. The van der Waals surface area contributed by atoms with Gasteiger partial charge >= 0.3 is 0 Å². The topological polar surface area (TPSA) is 40.5 Å². The fourth-order valence-electron chi connectivity index (χ4n) is 2.73. The smallest absolute Gasteiger partial charge is 0.109 e.